The molecular formula is C8H9N5O2. The molecule has 0 aliphatic carbocycles. The summed E-state index contributed by atoms with van der Waals surface area (Å²) in [5, 5.41) is 2.19. The Morgan fingerprint density at radius 3 is 2.93 bits per heavy atom. The molecule has 3 amide bonds. The number of carbonyl (C=O) groups excluding carboxylic acids is 2. The molecule has 0 spiro atoms. The lowest BCUT2D eigenvalue weighted by molar-refractivity contribution is -0.120. The molecule has 1 aliphatic heterocycles. The quantitative estimate of drug-likeness (QED) is 0.646. The van der Waals surface area contributed by atoms with Crippen LogP contribution >= 0.6 is 0 Å². The molecule has 1 fully saturated rings. The predicted octanol–water partition coefficient (Wildman–Crippen LogP) is -0.495. The van der Waals surface area contributed by atoms with Gasteiger partial charge in [0.05, 0.1) is 0 Å². The molecule has 0 bridgehead atoms. The van der Waals surface area contributed by atoms with Crippen molar-refractivity contribution in [2.45, 2.75) is 6.42 Å². The molecule has 3 N–H and O–H groups in total. The average molecular weight is 207 g/mol. The summed E-state index contributed by atoms with van der Waals surface area (Å²) in [6, 6.07) is 1.08. The zero-order valence-corrected chi connectivity index (χ0v) is 7.80. The van der Waals surface area contributed by atoms with E-state index in [9.17, 15) is 9.59 Å². The minimum Gasteiger partial charge on any atom is -0.368 e. The van der Waals surface area contributed by atoms with Gasteiger partial charge in [-0.2, -0.15) is 4.98 Å². The zero-order chi connectivity index (χ0) is 10.8. The third-order valence-electron chi connectivity index (χ3n) is 1.99. The van der Waals surface area contributed by atoms with E-state index in [0.717, 1.165) is 0 Å². The summed E-state index contributed by atoms with van der Waals surface area (Å²) in [5.74, 6) is 0.211. The number of nitrogens with one attached hydrogen (secondary N) is 1. The normalized spacial score (nSPS) is 16.4. The summed E-state index contributed by atoms with van der Waals surface area (Å²) >= 11 is 0. The largest absolute Gasteiger partial charge is 0.368 e. The zero-order valence-electron chi connectivity index (χ0n) is 7.80. The Bertz CT molecular complexity index is 419. The molecule has 0 saturated carbocycles. The van der Waals surface area contributed by atoms with Crippen LogP contribution in [0.15, 0.2) is 12.3 Å². The first-order chi connectivity index (χ1) is 7.16. The second kappa shape index (κ2) is 3.52. The molecule has 2 heterocycles. The lowest BCUT2D eigenvalue weighted by atomic mass is 10.3. The number of rotatable bonds is 1. The summed E-state index contributed by atoms with van der Waals surface area (Å²) in [6.07, 6.45) is 1.72. The number of imide groups is 1. The molecule has 2 rings (SSSR count). The van der Waals surface area contributed by atoms with Crippen LogP contribution in [0.25, 0.3) is 0 Å². The average Bonchev–Trinajstić information content (AvgIpc) is 2.17. The van der Waals surface area contributed by atoms with Crippen LogP contribution in [0.1, 0.15) is 6.42 Å². The van der Waals surface area contributed by atoms with Crippen LogP contribution in [-0.4, -0.2) is 28.5 Å². The van der Waals surface area contributed by atoms with Gasteiger partial charge in [-0.15, -0.1) is 0 Å². The van der Waals surface area contributed by atoms with Crippen molar-refractivity contribution < 1.29 is 9.59 Å². The number of nitrogen functional groups attached to an aromatic ring is 1. The molecule has 0 aromatic carbocycles. The highest BCUT2D eigenvalue weighted by Crippen LogP contribution is 2.13. The molecule has 1 aromatic heterocycles. The number of urea groups is 1. The Balaban J connectivity index is 2.24. The Morgan fingerprint density at radius 2 is 2.27 bits per heavy atom. The standard InChI is InChI=1S/C8H9N5O2/c9-7-10-3-1-5(11-7)13-4-2-6(14)12-8(13)15/h1,3H,2,4H2,(H2,9,10,11)(H,12,14,15). The molecule has 7 nitrogen and oxygen atoms in total. The molecule has 1 saturated heterocycles. The van der Waals surface area contributed by atoms with Gasteiger partial charge < -0.3 is 5.73 Å². The molecule has 0 unspecified atom stereocenters. The summed E-state index contributed by atoms with van der Waals surface area (Å²) in [7, 11) is 0. The van der Waals surface area contributed by atoms with Gasteiger partial charge in [0.15, 0.2) is 0 Å². The second-order valence-electron chi connectivity index (χ2n) is 3.03. The van der Waals surface area contributed by atoms with E-state index in [1.54, 1.807) is 6.07 Å². The lowest BCUT2D eigenvalue weighted by Gasteiger charge is -2.25. The molecule has 0 radical (unpaired) electrons. The summed E-state index contributed by atoms with van der Waals surface area (Å²) < 4.78 is 0. The maximum Gasteiger partial charge on any atom is 0.329 e. The Morgan fingerprint density at radius 1 is 1.47 bits per heavy atom. The van der Waals surface area contributed by atoms with Crippen LogP contribution < -0.4 is 16.0 Å². The van der Waals surface area contributed by atoms with Crippen molar-refractivity contribution in [3.05, 3.63) is 12.3 Å². The maximum absolute atomic E-state index is 11.4. The van der Waals surface area contributed by atoms with Crippen molar-refractivity contribution >= 4 is 23.7 Å². The third-order valence-corrected chi connectivity index (χ3v) is 1.99. The van der Waals surface area contributed by atoms with Crippen LogP contribution in [0.4, 0.5) is 16.6 Å². The number of carbonyl (C=O) groups is 2. The maximum atomic E-state index is 11.4. The van der Waals surface area contributed by atoms with E-state index in [4.69, 9.17) is 5.73 Å². The lowest BCUT2D eigenvalue weighted by Crippen LogP contribution is -2.49. The van der Waals surface area contributed by atoms with Crippen molar-refractivity contribution in [2.75, 3.05) is 17.2 Å². The fourth-order valence-corrected chi connectivity index (χ4v) is 1.30. The number of aromatic nitrogens is 2. The monoisotopic (exact) mass is 207 g/mol. The smallest absolute Gasteiger partial charge is 0.329 e. The van der Waals surface area contributed by atoms with E-state index in [-0.39, 0.29) is 18.3 Å². The van der Waals surface area contributed by atoms with Crippen molar-refractivity contribution in [1.82, 2.24) is 15.3 Å². The molecule has 7 heteroatoms. The van der Waals surface area contributed by atoms with Crippen molar-refractivity contribution in [3.8, 4) is 0 Å². The van der Waals surface area contributed by atoms with Gasteiger partial charge >= 0.3 is 6.03 Å². The SMILES string of the molecule is Nc1nccc(N2CCC(=O)NC2=O)n1. The first kappa shape index (κ1) is 9.38. The van der Waals surface area contributed by atoms with Gasteiger partial charge in [0.2, 0.25) is 11.9 Å². The highest BCUT2D eigenvalue weighted by molar-refractivity contribution is 6.05. The fraction of sp³-hybridized carbons (Fsp3) is 0.250. The van der Waals surface area contributed by atoms with Gasteiger partial charge in [0.1, 0.15) is 5.82 Å². The van der Waals surface area contributed by atoms with Crippen LogP contribution in [0.3, 0.4) is 0 Å². The topological polar surface area (TPSA) is 101 Å². The van der Waals surface area contributed by atoms with Crippen molar-refractivity contribution in [2.24, 2.45) is 0 Å². The number of hydrogen-bond acceptors (Lipinski definition) is 5. The number of amides is 3. The first-order valence-corrected chi connectivity index (χ1v) is 4.36. The van der Waals surface area contributed by atoms with Crippen molar-refractivity contribution in [3.63, 3.8) is 0 Å². The van der Waals surface area contributed by atoms with Gasteiger partial charge in [-0.1, -0.05) is 0 Å². The van der Waals surface area contributed by atoms with E-state index >= 15 is 0 Å². The molecule has 15 heavy (non-hydrogen) atoms. The van der Waals surface area contributed by atoms with E-state index in [1.165, 1.54) is 11.1 Å². The molecule has 1 aromatic rings. The number of hydrogen-bond donors (Lipinski definition) is 2. The van der Waals surface area contributed by atoms with Gasteiger partial charge in [-0.25, -0.2) is 9.78 Å². The second-order valence-corrected chi connectivity index (χ2v) is 3.03. The van der Waals surface area contributed by atoms with Crippen LogP contribution in [0.2, 0.25) is 0 Å². The number of nitrogens with two attached hydrogens (primary N) is 1. The Kier molecular flexibility index (Phi) is 2.20. The molecule has 1 aliphatic rings. The highest BCUT2D eigenvalue weighted by Gasteiger charge is 2.24. The molecule has 78 valence electrons. The number of anilines is 2. The van der Waals surface area contributed by atoms with Crippen LogP contribution in [0, 0.1) is 0 Å². The fourth-order valence-electron chi connectivity index (χ4n) is 1.30. The Hall–Kier alpha value is -2.18. The van der Waals surface area contributed by atoms with Gasteiger partial charge in [-0.3, -0.25) is 15.0 Å². The van der Waals surface area contributed by atoms with Gasteiger partial charge in [0, 0.05) is 19.2 Å². The van der Waals surface area contributed by atoms with E-state index in [0.29, 0.717) is 12.4 Å². The van der Waals surface area contributed by atoms with Crippen LogP contribution in [0.5, 0.6) is 0 Å². The van der Waals surface area contributed by atoms with E-state index in [1.807, 2.05) is 0 Å². The van der Waals surface area contributed by atoms with Crippen molar-refractivity contribution in [1.29, 1.82) is 0 Å². The molecular weight excluding hydrogens is 198 g/mol. The highest BCUT2D eigenvalue weighted by atomic mass is 16.2. The number of nitrogens with zero attached hydrogens (tertiary/aromatic N) is 3. The van der Waals surface area contributed by atoms with Gasteiger partial charge in [0.25, 0.3) is 0 Å². The van der Waals surface area contributed by atoms with Gasteiger partial charge in [-0.05, 0) is 6.07 Å². The Labute approximate surface area is 85.3 Å². The van der Waals surface area contributed by atoms with E-state index < -0.39 is 6.03 Å². The summed E-state index contributed by atoms with van der Waals surface area (Å²) in [4.78, 5) is 31.3. The minimum atomic E-state index is -0.482. The third kappa shape index (κ3) is 1.85. The van der Waals surface area contributed by atoms with E-state index in [2.05, 4.69) is 15.3 Å². The minimum absolute atomic E-state index is 0.0946. The summed E-state index contributed by atoms with van der Waals surface area (Å²) in [5.41, 5.74) is 5.39. The summed E-state index contributed by atoms with van der Waals surface area (Å²) in [6.45, 7) is 0.307. The van der Waals surface area contributed by atoms with Crippen LogP contribution in [-0.2, 0) is 4.79 Å². The molecule has 0 atom stereocenters. The predicted molar refractivity (Wildman–Crippen MR) is 51.9 cm³/mol. The first-order valence-electron chi connectivity index (χ1n) is 4.36.